The Hall–Kier alpha value is -1.96. The fourth-order valence-corrected chi connectivity index (χ4v) is 3.66. The Balaban J connectivity index is 1.54. The normalized spacial score (nSPS) is 30.5. The summed E-state index contributed by atoms with van der Waals surface area (Å²) in [5.74, 6) is -0.210. The van der Waals surface area contributed by atoms with Crippen molar-refractivity contribution < 1.29 is 14.7 Å². The predicted octanol–water partition coefficient (Wildman–Crippen LogP) is -0.648. The molecule has 4 unspecified atom stereocenters. The summed E-state index contributed by atoms with van der Waals surface area (Å²) in [7, 11) is 0. The van der Waals surface area contributed by atoms with Gasteiger partial charge in [0, 0.05) is 6.04 Å². The molecule has 2 aliphatic carbocycles. The van der Waals surface area contributed by atoms with E-state index in [1.807, 2.05) is 0 Å². The number of nitrogens with one attached hydrogen (secondary N) is 1. The van der Waals surface area contributed by atoms with Crippen molar-refractivity contribution >= 4 is 11.9 Å². The summed E-state index contributed by atoms with van der Waals surface area (Å²) in [5.41, 5.74) is 6.68. The van der Waals surface area contributed by atoms with Crippen molar-refractivity contribution in [2.75, 3.05) is 0 Å². The van der Waals surface area contributed by atoms with Crippen molar-refractivity contribution in [1.82, 2.24) is 20.3 Å². The number of carbonyl (C=O) groups is 2. The molecule has 0 saturated heterocycles. The molecule has 0 spiro atoms. The first-order valence-corrected chi connectivity index (χ1v) is 7.18. The van der Waals surface area contributed by atoms with Crippen LogP contribution in [0.4, 0.5) is 0 Å². The zero-order chi connectivity index (χ0) is 15.0. The number of rotatable bonds is 5. The molecule has 0 radical (unpaired) electrons. The first-order chi connectivity index (χ1) is 10.0. The Morgan fingerprint density at radius 1 is 1.43 bits per heavy atom. The molecule has 1 aromatic rings. The Kier molecular flexibility index (Phi) is 3.62. The number of carboxylic acids is 1. The lowest BCUT2D eigenvalue weighted by atomic mass is 9.84. The number of aliphatic carboxylic acids is 1. The maximum Gasteiger partial charge on any atom is 0.325 e. The smallest absolute Gasteiger partial charge is 0.325 e. The van der Waals surface area contributed by atoms with E-state index >= 15 is 0 Å². The summed E-state index contributed by atoms with van der Waals surface area (Å²) in [5, 5.41) is 19.0. The SMILES string of the molecule is NC1C2CCC(C2)C1C(=O)NCc1cn(CC(=O)O)nn1. The van der Waals surface area contributed by atoms with Crippen LogP contribution in [0.1, 0.15) is 25.0 Å². The van der Waals surface area contributed by atoms with Crippen LogP contribution in [0.2, 0.25) is 0 Å². The van der Waals surface area contributed by atoms with Crippen LogP contribution >= 0.6 is 0 Å². The minimum absolute atomic E-state index is 0.0255. The Morgan fingerprint density at radius 3 is 2.86 bits per heavy atom. The van der Waals surface area contributed by atoms with Crippen LogP contribution in [0, 0.1) is 17.8 Å². The third-order valence-electron chi connectivity index (χ3n) is 4.61. The fraction of sp³-hybridized carbons (Fsp3) is 0.692. The molecule has 1 amide bonds. The standard InChI is InChI=1S/C13H19N5O3/c14-12-8-2-1-7(3-8)11(12)13(21)15-4-9-5-18(17-16-9)6-10(19)20/h5,7-8,11-12H,1-4,6,14H2,(H,15,21)(H,19,20). The van der Waals surface area contributed by atoms with Crippen LogP contribution in [-0.2, 0) is 22.7 Å². The van der Waals surface area contributed by atoms with Gasteiger partial charge in [0.1, 0.15) is 12.2 Å². The molecule has 3 rings (SSSR count). The van der Waals surface area contributed by atoms with E-state index in [0.717, 1.165) is 19.3 Å². The molecule has 4 N–H and O–H groups in total. The molecular weight excluding hydrogens is 274 g/mol. The number of nitrogens with zero attached hydrogens (tertiary/aromatic N) is 3. The molecular formula is C13H19N5O3. The molecule has 2 saturated carbocycles. The van der Waals surface area contributed by atoms with Gasteiger partial charge in [0.2, 0.25) is 5.91 Å². The Morgan fingerprint density at radius 2 is 2.19 bits per heavy atom. The Labute approximate surface area is 121 Å². The van der Waals surface area contributed by atoms with Crippen LogP contribution in [0.15, 0.2) is 6.20 Å². The molecule has 8 heteroatoms. The summed E-state index contributed by atoms with van der Waals surface area (Å²) >= 11 is 0. The molecule has 1 heterocycles. The van der Waals surface area contributed by atoms with Crippen LogP contribution < -0.4 is 11.1 Å². The van der Waals surface area contributed by atoms with Crippen LogP contribution in [-0.4, -0.2) is 38.0 Å². The number of carbonyl (C=O) groups excluding carboxylic acids is 1. The van der Waals surface area contributed by atoms with E-state index in [4.69, 9.17) is 10.8 Å². The molecule has 1 aromatic heterocycles. The zero-order valence-corrected chi connectivity index (χ0v) is 11.6. The van der Waals surface area contributed by atoms with Gasteiger partial charge in [0.25, 0.3) is 0 Å². The molecule has 114 valence electrons. The predicted molar refractivity (Wildman–Crippen MR) is 71.8 cm³/mol. The van der Waals surface area contributed by atoms with Crippen LogP contribution in [0.3, 0.4) is 0 Å². The van der Waals surface area contributed by atoms with Gasteiger partial charge in [0.05, 0.1) is 18.7 Å². The van der Waals surface area contributed by atoms with Gasteiger partial charge in [0.15, 0.2) is 0 Å². The summed E-state index contributed by atoms with van der Waals surface area (Å²) in [6.45, 7) is 0.0112. The average molecular weight is 293 g/mol. The van der Waals surface area contributed by atoms with Crippen molar-refractivity contribution in [3.8, 4) is 0 Å². The quantitative estimate of drug-likeness (QED) is 0.663. The van der Waals surface area contributed by atoms with Crippen molar-refractivity contribution in [3.63, 3.8) is 0 Å². The maximum absolute atomic E-state index is 12.3. The number of carboxylic acid groups (broad SMARTS) is 1. The number of fused-ring (bicyclic) bond motifs is 2. The molecule has 21 heavy (non-hydrogen) atoms. The third-order valence-corrected chi connectivity index (χ3v) is 4.61. The highest BCUT2D eigenvalue weighted by Crippen LogP contribution is 2.47. The highest BCUT2D eigenvalue weighted by Gasteiger charge is 2.48. The lowest BCUT2D eigenvalue weighted by Crippen LogP contribution is -2.45. The largest absolute Gasteiger partial charge is 0.480 e. The van der Waals surface area contributed by atoms with Gasteiger partial charge in [-0.05, 0) is 31.1 Å². The van der Waals surface area contributed by atoms with Crippen molar-refractivity contribution in [2.24, 2.45) is 23.5 Å². The monoisotopic (exact) mass is 293 g/mol. The van der Waals surface area contributed by atoms with Gasteiger partial charge in [-0.1, -0.05) is 5.21 Å². The van der Waals surface area contributed by atoms with Crippen molar-refractivity contribution in [3.05, 3.63) is 11.9 Å². The first-order valence-electron chi connectivity index (χ1n) is 7.18. The fourth-order valence-electron chi connectivity index (χ4n) is 3.66. The van der Waals surface area contributed by atoms with Crippen LogP contribution in [0.5, 0.6) is 0 Å². The van der Waals surface area contributed by atoms with Gasteiger partial charge in [-0.3, -0.25) is 9.59 Å². The number of amides is 1. The highest BCUT2D eigenvalue weighted by molar-refractivity contribution is 5.80. The zero-order valence-electron chi connectivity index (χ0n) is 11.6. The van der Waals surface area contributed by atoms with Gasteiger partial charge in [-0.15, -0.1) is 5.10 Å². The molecule has 0 aromatic carbocycles. The maximum atomic E-state index is 12.3. The number of hydrogen-bond donors (Lipinski definition) is 3. The summed E-state index contributed by atoms with van der Waals surface area (Å²) in [6, 6.07) is -0.0357. The van der Waals surface area contributed by atoms with E-state index < -0.39 is 5.97 Å². The third kappa shape index (κ3) is 2.76. The minimum atomic E-state index is -0.983. The van der Waals surface area contributed by atoms with Crippen molar-refractivity contribution in [1.29, 1.82) is 0 Å². The minimum Gasteiger partial charge on any atom is -0.480 e. The summed E-state index contributed by atoms with van der Waals surface area (Å²) in [4.78, 5) is 22.8. The molecule has 8 nitrogen and oxygen atoms in total. The molecule has 2 fully saturated rings. The van der Waals surface area contributed by atoms with E-state index in [9.17, 15) is 9.59 Å². The molecule has 0 aliphatic heterocycles. The summed E-state index contributed by atoms with van der Waals surface area (Å²) < 4.78 is 1.23. The van der Waals surface area contributed by atoms with Gasteiger partial charge >= 0.3 is 5.97 Å². The molecule has 2 bridgehead atoms. The van der Waals surface area contributed by atoms with Gasteiger partial charge < -0.3 is 16.2 Å². The van der Waals surface area contributed by atoms with E-state index in [1.165, 1.54) is 10.9 Å². The van der Waals surface area contributed by atoms with Crippen molar-refractivity contribution in [2.45, 2.75) is 38.4 Å². The number of hydrogen-bond acceptors (Lipinski definition) is 5. The second-order valence-electron chi connectivity index (χ2n) is 5.96. The van der Waals surface area contributed by atoms with E-state index in [0.29, 0.717) is 17.5 Å². The van der Waals surface area contributed by atoms with E-state index in [-0.39, 0.29) is 31.0 Å². The number of aromatic nitrogens is 3. The lowest BCUT2D eigenvalue weighted by molar-refractivity contribution is -0.138. The van der Waals surface area contributed by atoms with E-state index in [1.54, 1.807) is 0 Å². The van der Waals surface area contributed by atoms with Gasteiger partial charge in [-0.2, -0.15) is 0 Å². The van der Waals surface area contributed by atoms with E-state index in [2.05, 4.69) is 15.6 Å². The summed E-state index contributed by atoms with van der Waals surface area (Å²) in [6.07, 6.45) is 4.81. The topological polar surface area (TPSA) is 123 Å². The second-order valence-corrected chi connectivity index (χ2v) is 5.96. The van der Waals surface area contributed by atoms with Gasteiger partial charge in [-0.25, -0.2) is 4.68 Å². The van der Waals surface area contributed by atoms with Crippen LogP contribution in [0.25, 0.3) is 0 Å². The highest BCUT2D eigenvalue weighted by atomic mass is 16.4. The number of nitrogens with two attached hydrogens (primary N) is 1. The first kappa shape index (κ1) is 14.0. The average Bonchev–Trinajstić information content (AvgIpc) is 3.11. The Bertz CT molecular complexity index is 556. The molecule has 4 atom stereocenters. The second kappa shape index (κ2) is 5.44. The molecule has 2 aliphatic rings. The lowest BCUT2D eigenvalue weighted by Gasteiger charge is -2.26.